The molecule has 0 aliphatic rings. The molecule has 0 fully saturated rings. The van der Waals surface area contributed by atoms with Crippen molar-refractivity contribution in [3.63, 3.8) is 0 Å². The molecule has 2 atom stereocenters. The second-order valence-corrected chi connectivity index (χ2v) is 10.8. The molecule has 10 heteroatoms. The molecule has 2 aromatic carbocycles. The van der Waals surface area contributed by atoms with E-state index < -0.39 is 36.8 Å². The minimum atomic E-state index is -4.11. The molecule has 2 N–H and O–H groups in total. The molecule has 0 spiro atoms. The molecule has 0 unspecified atom stereocenters. The van der Waals surface area contributed by atoms with Crippen LogP contribution in [0.25, 0.3) is 0 Å². The highest BCUT2D eigenvalue weighted by Crippen LogP contribution is 2.23. The Labute approximate surface area is 170 Å². The summed E-state index contributed by atoms with van der Waals surface area (Å²) >= 11 is 0. The van der Waals surface area contributed by atoms with E-state index in [-0.39, 0.29) is 22.6 Å². The zero-order valence-electron chi connectivity index (χ0n) is 15.9. The third-order valence-electron chi connectivity index (χ3n) is 4.38. The van der Waals surface area contributed by atoms with Gasteiger partial charge in [-0.3, -0.25) is 9.59 Å². The van der Waals surface area contributed by atoms with E-state index in [4.69, 9.17) is 0 Å². The lowest BCUT2D eigenvalue weighted by Gasteiger charge is -2.23. The van der Waals surface area contributed by atoms with Crippen LogP contribution in [0.5, 0.6) is 0 Å². The molecular formula is C19H22N2O6S2. The van der Waals surface area contributed by atoms with Gasteiger partial charge in [-0.05, 0) is 38.1 Å². The Morgan fingerprint density at radius 2 is 1.00 bits per heavy atom. The molecule has 0 radical (unpaired) electrons. The summed E-state index contributed by atoms with van der Waals surface area (Å²) in [5, 5.41) is 1.23. The SMILES string of the molecule is Cc1ccc(S(=O)(=O)[C@H](C[C@H](NC=O)S(=O)(=O)c2ccc(C)cc2)NC=O)cc1. The zero-order chi connectivity index (χ0) is 21.7. The number of benzene rings is 2. The second kappa shape index (κ2) is 9.19. The standard InChI is InChI=1S/C19H22N2O6S2/c1-14-3-7-16(8-4-14)28(24,25)18(20-12-22)11-19(21-13-23)29(26,27)17-9-5-15(2)6-10-17/h3-10,12-13,18-19H,11H2,1-2H3,(H,20,22)(H,21,23)/t18-,19-/m1/s1. The molecule has 8 nitrogen and oxygen atoms in total. The number of sulfone groups is 2. The lowest BCUT2D eigenvalue weighted by atomic mass is 10.2. The van der Waals surface area contributed by atoms with Crippen molar-refractivity contribution >= 4 is 32.5 Å². The van der Waals surface area contributed by atoms with E-state index in [0.717, 1.165) is 11.1 Å². The summed E-state index contributed by atoms with van der Waals surface area (Å²) < 4.78 is 51.8. The topological polar surface area (TPSA) is 126 Å². The van der Waals surface area contributed by atoms with Crippen LogP contribution in [0.2, 0.25) is 0 Å². The molecular weight excluding hydrogens is 416 g/mol. The lowest BCUT2D eigenvalue weighted by molar-refractivity contribution is -0.110. The van der Waals surface area contributed by atoms with E-state index in [0.29, 0.717) is 0 Å². The largest absolute Gasteiger partial charge is 0.342 e. The van der Waals surface area contributed by atoms with Gasteiger partial charge in [-0.15, -0.1) is 0 Å². The molecule has 0 saturated heterocycles. The Morgan fingerprint density at radius 1 is 0.690 bits per heavy atom. The molecule has 0 aliphatic carbocycles. The Hall–Kier alpha value is -2.72. The first kappa shape index (κ1) is 22.6. The minimum Gasteiger partial charge on any atom is -0.342 e. The number of carbonyl (C=O) groups is 2. The van der Waals surface area contributed by atoms with Crippen molar-refractivity contribution in [3.05, 3.63) is 59.7 Å². The monoisotopic (exact) mass is 438 g/mol. The van der Waals surface area contributed by atoms with E-state index in [1.165, 1.54) is 24.3 Å². The fraction of sp³-hybridized carbons (Fsp3) is 0.263. The molecule has 156 valence electrons. The second-order valence-electron chi connectivity index (χ2n) is 6.50. The summed E-state index contributed by atoms with van der Waals surface area (Å²) in [4.78, 5) is 21.9. The van der Waals surface area contributed by atoms with Crippen molar-refractivity contribution in [3.8, 4) is 0 Å². The number of aryl methyl sites for hydroxylation is 2. The molecule has 2 aromatic rings. The van der Waals surface area contributed by atoms with Gasteiger partial charge >= 0.3 is 0 Å². The number of carbonyl (C=O) groups excluding carboxylic acids is 2. The van der Waals surface area contributed by atoms with Crippen LogP contribution >= 0.6 is 0 Å². The highest BCUT2D eigenvalue weighted by atomic mass is 32.2. The van der Waals surface area contributed by atoms with E-state index in [1.54, 1.807) is 38.1 Å². The van der Waals surface area contributed by atoms with Gasteiger partial charge in [0.05, 0.1) is 9.79 Å². The summed E-state index contributed by atoms with van der Waals surface area (Å²) in [5.74, 6) is 0. The van der Waals surface area contributed by atoms with Crippen molar-refractivity contribution in [2.24, 2.45) is 0 Å². The van der Waals surface area contributed by atoms with Gasteiger partial charge in [-0.2, -0.15) is 0 Å². The Balaban J connectivity index is 2.43. The molecule has 29 heavy (non-hydrogen) atoms. The van der Waals surface area contributed by atoms with Crippen LogP contribution in [0.1, 0.15) is 17.5 Å². The molecule has 0 heterocycles. The molecule has 0 bridgehead atoms. The summed E-state index contributed by atoms with van der Waals surface area (Å²) in [6, 6.07) is 11.9. The number of amides is 2. The third kappa shape index (κ3) is 5.21. The predicted molar refractivity (Wildman–Crippen MR) is 107 cm³/mol. The molecule has 2 rings (SSSR count). The fourth-order valence-corrected chi connectivity index (χ4v) is 5.87. The van der Waals surface area contributed by atoms with Gasteiger partial charge in [0.25, 0.3) is 0 Å². The zero-order valence-corrected chi connectivity index (χ0v) is 17.5. The van der Waals surface area contributed by atoms with Crippen LogP contribution < -0.4 is 10.6 Å². The fourth-order valence-electron chi connectivity index (χ4n) is 2.70. The van der Waals surface area contributed by atoms with Crippen molar-refractivity contribution in [2.75, 3.05) is 0 Å². The average molecular weight is 439 g/mol. The molecule has 0 saturated carbocycles. The average Bonchev–Trinajstić information content (AvgIpc) is 2.67. The number of hydrogen-bond donors (Lipinski definition) is 2. The van der Waals surface area contributed by atoms with Gasteiger partial charge < -0.3 is 10.6 Å². The van der Waals surface area contributed by atoms with Gasteiger partial charge in [0.15, 0.2) is 19.7 Å². The minimum absolute atomic E-state index is 0.0694. The quantitative estimate of drug-likeness (QED) is 0.535. The van der Waals surface area contributed by atoms with Crippen LogP contribution in [-0.4, -0.2) is 40.4 Å². The van der Waals surface area contributed by atoms with Crippen LogP contribution in [-0.2, 0) is 29.3 Å². The Bertz CT molecular complexity index is 975. The first-order chi connectivity index (χ1) is 13.6. The Morgan fingerprint density at radius 3 is 1.28 bits per heavy atom. The van der Waals surface area contributed by atoms with Gasteiger partial charge in [-0.1, -0.05) is 35.4 Å². The van der Waals surface area contributed by atoms with Crippen molar-refractivity contribution < 1.29 is 26.4 Å². The first-order valence-electron chi connectivity index (χ1n) is 8.63. The molecule has 0 aliphatic heterocycles. The first-order valence-corrected chi connectivity index (χ1v) is 11.7. The van der Waals surface area contributed by atoms with Crippen molar-refractivity contribution in [1.82, 2.24) is 10.6 Å². The molecule has 0 aromatic heterocycles. The third-order valence-corrected chi connectivity index (χ3v) is 8.40. The maximum atomic E-state index is 12.9. The normalized spacial score (nSPS) is 13.9. The van der Waals surface area contributed by atoms with Gasteiger partial charge in [0.1, 0.15) is 10.7 Å². The lowest BCUT2D eigenvalue weighted by Crippen LogP contribution is -2.45. The highest BCUT2D eigenvalue weighted by molar-refractivity contribution is 7.93. The number of rotatable bonds is 10. The van der Waals surface area contributed by atoms with E-state index >= 15 is 0 Å². The summed E-state index contributed by atoms with van der Waals surface area (Å²) in [7, 11) is -8.21. The summed E-state index contributed by atoms with van der Waals surface area (Å²) in [6.07, 6.45) is -0.191. The Kier molecular flexibility index (Phi) is 7.15. The van der Waals surface area contributed by atoms with E-state index in [1.807, 2.05) is 0 Å². The van der Waals surface area contributed by atoms with Crippen molar-refractivity contribution in [1.29, 1.82) is 0 Å². The maximum absolute atomic E-state index is 12.9. The number of hydrogen-bond acceptors (Lipinski definition) is 6. The van der Waals surface area contributed by atoms with Crippen LogP contribution in [0.4, 0.5) is 0 Å². The number of nitrogens with one attached hydrogen (secondary N) is 2. The maximum Gasteiger partial charge on any atom is 0.208 e. The predicted octanol–water partition coefficient (Wildman–Crippen LogP) is 1.09. The van der Waals surface area contributed by atoms with E-state index in [9.17, 15) is 26.4 Å². The van der Waals surface area contributed by atoms with Crippen LogP contribution in [0, 0.1) is 13.8 Å². The summed E-state index contributed by atoms with van der Waals surface area (Å²) in [5.41, 5.74) is 1.68. The van der Waals surface area contributed by atoms with Crippen LogP contribution in [0.3, 0.4) is 0 Å². The smallest absolute Gasteiger partial charge is 0.208 e. The van der Waals surface area contributed by atoms with Gasteiger partial charge in [0, 0.05) is 6.42 Å². The summed E-state index contributed by atoms with van der Waals surface area (Å²) in [6.45, 7) is 3.57. The van der Waals surface area contributed by atoms with E-state index in [2.05, 4.69) is 10.6 Å². The van der Waals surface area contributed by atoms with Gasteiger partial charge in [0.2, 0.25) is 12.8 Å². The van der Waals surface area contributed by atoms with Crippen LogP contribution in [0.15, 0.2) is 58.3 Å². The van der Waals surface area contributed by atoms with Gasteiger partial charge in [-0.25, -0.2) is 16.8 Å². The highest BCUT2D eigenvalue weighted by Gasteiger charge is 2.36. The van der Waals surface area contributed by atoms with Crippen molar-refractivity contribution in [2.45, 2.75) is 40.8 Å². The molecule has 2 amide bonds.